The van der Waals surface area contributed by atoms with E-state index in [0.717, 1.165) is 93.7 Å². The Kier molecular flexibility index (Phi) is 7.87. The summed E-state index contributed by atoms with van der Waals surface area (Å²) in [4.78, 5) is 8.09. The summed E-state index contributed by atoms with van der Waals surface area (Å²) in [7, 11) is 0. The van der Waals surface area contributed by atoms with Gasteiger partial charge >= 0.3 is 6.18 Å². The Hall–Kier alpha value is -6.24. The van der Waals surface area contributed by atoms with Gasteiger partial charge in [0.15, 0.2) is 11.6 Å². The van der Waals surface area contributed by atoms with Gasteiger partial charge in [0.1, 0.15) is 5.76 Å². The predicted octanol–water partition coefficient (Wildman–Crippen LogP) is 13.2. The van der Waals surface area contributed by atoms with Crippen LogP contribution in [-0.2, 0) is 11.6 Å². The van der Waals surface area contributed by atoms with Crippen LogP contribution in [0.25, 0.3) is 36.3 Å². The molecule has 2 aliphatic rings. The van der Waals surface area contributed by atoms with E-state index >= 15 is 0 Å². The molecule has 0 bridgehead atoms. The van der Waals surface area contributed by atoms with Crippen molar-refractivity contribution in [2.45, 2.75) is 53.1 Å². The van der Waals surface area contributed by atoms with Gasteiger partial charge < -0.3 is 9.32 Å². The maximum absolute atomic E-state index is 13.9. The molecule has 0 saturated heterocycles. The molecule has 8 aromatic rings. The number of hydrogen-bond acceptors (Lipinski definition) is 4. The van der Waals surface area contributed by atoms with Gasteiger partial charge in [-0.25, -0.2) is 4.85 Å². The van der Waals surface area contributed by atoms with Crippen LogP contribution in [0.15, 0.2) is 120 Å². The van der Waals surface area contributed by atoms with Crippen molar-refractivity contribution in [1.82, 2.24) is 0 Å². The lowest BCUT2D eigenvalue weighted by molar-refractivity contribution is -0.137. The van der Waals surface area contributed by atoms with Crippen molar-refractivity contribution >= 4 is 94.6 Å². The Labute approximate surface area is 339 Å². The molecule has 10 rings (SSSR count). The van der Waals surface area contributed by atoms with Gasteiger partial charge in [0.2, 0.25) is 0 Å². The van der Waals surface area contributed by atoms with E-state index in [-0.39, 0.29) is 12.1 Å². The number of rotatable bonds is 3. The quantitative estimate of drug-likeness (QED) is 0.132. The lowest BCUT2D eigenvalue weighted by Crippen LogP contribution is -2.61. The van der Waals surface area contributed by atoms with E-state index in [1.807, 2.05) is 23.1 Å². The first kappa shape index (κ1) is 36.1. The first-order valence-corrected chi connectivity index (χ1v) is 20.1. The van der Waals surface area contributed by atoms with Crippen LogP contribution < -0.4 is 26.2 Å². The summed E-state index contributed by atoms with van der Waals surface area (Å²) in [6.45, 7) is 20.3. The van der Waals surface area contributed by atoms with Crippen LogP contribution in [0.1, 0.15) is 48.6 Å². The van der Waals surface area contributed by atoms with Gasteiger partial charge in [0.05, 0.1) is 12.1 Å². The molecule has 0 amide bonds. The molecule has 284 valence electrons. The number of aryl methyl sites for hydroxylation is 3. The van der Waals surface area contributed by atoms with Crippen molar-refractivity contribution in [3.05, 3.63) is 154 Å². The van der Waals surface area contributed by atoms with Crippen molar-refractivity contribution in [3.8, 4) is 11.3 Å². The number of fused-ring (bicyclic) bond motifs is 8. The van der Waals surface area contributed by atoms with Crippen molar-refractivity contribution in [1.29, 1.82) is 0 Å². The third-order valence-electron chi connectivity index (χ3n) is 11.7. The predicted molar refractivity (Wildman–Crippen MR) is 235 cm³/mol. The van der Waals surface area contributed by atoms with Gasteiger partial charge in [-0.1, -0.05) is 74.9 Å². The first-order valence-electron chi connectivity index (χ1n) is 19.3. The maximum Gasteiger partial charge on any atom is 0.416 e. The SMILES string of the molecule is [C-]#[N+]c1ccc2sc3c4c(ccc3c2c1)N(c1ccc(C)cc1)c1cc(C)cc2c1B4c1cc(-c3ccc(C(C)(C)C)cc3C)oc1N2c1ccc(C(F)(F)F)cc1. The summed E-state index contributed by atoms with van der Waals surface area (Å²) < 4.78 is 51.1. The minimum atomic E-state index is -4.48. The molecule has 9 heteroatoms. The standard InChI is InChI=1S/C49H37BF3N3OS/c1-27-8-14-33(15-9-27)55-39-20-19-36-37-25-32(54-7)13-21-43(37)58-46(36)45(39)50-38-26-42(35-18-12-31(24-29(35)3)48(4,5)6)57-47(38)56(41-23-28(2)22-40(55)44(41)50)34-16-10-30(11-17-34)49(51,52)53/h8-26H,1-6H3. The first-order chi connectivity index (χ1) is 27.7. The molecule has 58 heavy (non-hydrogen) atoms. The maximum atomic E-state index is 13.9. The number of anilines is 6. The van der Waals surface area contributed by atoms with Gasteiger partial charge in [0.25, 0.3) is 6.71 Å². The number of thiophene rings is 1. The normalized spacial score (nSPS) is 13.5. The number of alkyl halides is 3. The molecule has 4 heterocycles. The van der Waals surface area contributed by atoms with E-state index in [1.54, 1.807) is 23.5 Å². The molecule has 0 unspecified atom stereocenters. The monoisotopic (exact) mass is 783 g/mol. The Morgan fingerprint density at radius 1 is 0.655 bits per heavy atom. The fraction of sp³-hybridized carbons (Fsp3) is 0.163. The highest BCUT2D eigenvalue weighted by atomic mass is 32.1. The minimum absolute atomic E-state index is 0.0404. The lowest BCUT2D eigenvalue weighted by atomic mass is 9.34. The van der Waals surface area contributed by atoms with Crippen LogP contribution in [0.3, 0.4) is 0 Å². The van der Waals surface area contributed by atoms with Crippen molar-refractivity contribution in [2.75, 3.05) is 9.80 Å². The van der Waals surface area contributed by atoms with Gasteiger partial charge in [-0.3, -0.25) is 4.90 Å². The molecule has 0 N–H and O–H groups in total. The minimum Gasteiger partial charge on any atom is -0.440 e. The fourth-order valence-electron chi connectivity index (χ4n) is 8.85. The zero-order valence-electron chi connectivity index (χ0n) is 32.8. The van der Waals surface area contributed by atoms with Crippen LogP contribution in [-0.4, -0.2) is 6.71 Å². The van der Waals surface area contributed by atoms with Crippen LogP contribution in [0, 0.1) is 27.3 Å². The molecule has 0 saturated carbocycles. The topological polar surface area (TPSA) is 24.0 Å². The number of nitrogens with zero attached hydrogens (tertiary/aromatic N) is 3. The van der Waals surface area contributed by atoms with Crippen molar-refractivity contribution < 1.29 is 17.6 Å². The highest BCUT2D eigenvalue weighted by Gasteiger charge is 2.47. The molecular formula is C49H37BF3N3OS. The summed E-state index contributed by atoms with van der Waals surface area (Å²) in [5, 5.41) is 2.12. The number of hydrogen-bond donors (Lipinski definition) is 0. The molecule has 0 aliphatic carbocycles. The summed E-state index contributed by atoms with van der Waals surface area (Å²) in [5.41, 5.74) is 12.8. The Morgan fingerprint density at radius 3 is 2.00 bits per heavy atom. The average molecular weight is 784 g/mol. The van der Waals surface area contributed by atoms with Crippen molar-refractivity contribution in [2.24, 2.45) is 0 Å². The van der Waals surface area contributed by atoms with E-state index in [1.165, 1.54) is 5.56 Å². The molecule has 6 aromatic carbocycles. The largest absolute Gasteiger partial charge is 0.440 e. The lowest BCUT2D eigenvalue weighted by Gasteiger charge is -2.42. The van der Waals surface area contributed by atoms with E-state index in [0.29, 0.717) is 23.0 Å². The van der Waals surface area contributed by atoms with Crippen LogP contribution in [0.5, 0.6) is 0 Å². The molecule has 2 aliphatic heterocycles. The summed E-state index contributed by atoms with van der Waals surface area (Å²) in [5.74, 6) is 1.27. The Balaban J connectivity index is 1.31. The number of furan rings is 1. The highest BCUT2D eigenvalue weighted by molar-refractivity contribution is 7.28. The van der Waals surface area contributed by atoms with Gasteiger partial charge in [-0.15, -0.1) is 11.3 Å². The molecule has 0 fully saturated rings. The molecule has 0 radical (unpaired) electrons. The second kappa shape index (κ2) is 12.6. The molecule has 0 spiro atoms. The summed E-state index contributed by atoms with van der Waals surface area (Å²) >= 11 is 1.73. The number of benzene rings is 6. The second-order valence-corrected chi connectivity index (χ2v) is 17.7. The Morgan fingerprint density at radius 2 is 1.33 bits per heavy atom. The average Bonchev–Trinajstić information content (AvgIpc) is 3.79. The molecule has 2 aromatic heterocycles. The third kappa shape index (κ3) is 5.49. The van der Waals surface area contributed by atoms with E-state index in [9.17, 15) is 13.2 Å². The summed E-state index contributed by atoms with van der Waals surface area (Å²) in [6, 6.07) is 37.2. The fourth-order valence-corrected chi connectivity index (χ4v) is 10.1. The third-order valence-corrected chi connectivity index (χ3v) is 12.9. The van der Waals surface area contributed by atoms with Crippen LogP contribution in [0.2, 0.25) is 0 Å². The highest BCUT2D eigenvalue weighted by Crippen LogP contribution is 2.49. The zero-order chi connectivity index (χ0) is 40.4. The smallest absolute Gasteiger partial charge is 0.416 e. The van der Waals surface area contributed by atoms with E-state index in [4.69, 9.17) is 11.0 Å². The number of halogens is 3. The zero-order valence-corrected chi connectivity index (χ0v) is 33.7. The van der Waals surface area contributed by atoms with Gasteiger partial charge in [-0.05, 0) is 137 Å². The second-order valence-electron chi connectivity index (χ2n) is 16.6. The molecular weight excluding hydrogens is 746 g/mol. The van der Waals surface area contributed by atoms with Crippen molar-refractivity contribution in [3.63, 3.8) is 0 Å². The van der Waals surface area contributed by atoms with Crippen LogP contribution >= 0.6 is 11.3 Å². The molecule has 4 nitrogen and oxygen atoms in total. The van der Waals surface area contributed by atoms with Gasteiger partial charge in [0, 0.05) is 43.4 Å². The Bertz CT molecular complexity index is 3040. The summed E-state index contributed by atoms with van der Waals surface area (Å²) in [6.07, 6.45) is -4.48. The molecule has 0 atom stereocenters. The van der Waals surface area contributed by atoms with Crippen LogP contribution in [0.4, 0.5) is 53.2 Å². The van der Waals surface area contributed by atoms with E-state index < -0.39 is 11.7 Å². The van der Waals surface area contributed by atoms with E-state index in [2.05, 4.69) is 124 Å². The van der Waals surface area contributed by atoms with Gasteiger partial charge in [-0.2, -0.15) is 13.2 Å².